The summed E-state index contributed by atoms with van der Waals surface area (Å²) < 4.78 is 0. The van der Waals surface area contributed by atoms with Crippen molar-refractivity contribution in [2.45, 2.75) is 19.3 Å². The van der Waals surface area contributed by atoms with Crippen molar-refractivity contribution in [1.29, 1.82) is 0 Å². The fourth-order valence-electron chi connectivity index (χ4n) is 1.88. The lowest BCUT2D eigenvalue weighted by Crippen LogP contribution is -2.32. The predicted molar refractivity (Wildman–Crippen MR) is 76.4 cm³/mol. The normalized spacial score (nSPS) is 11.6. The van der Waals surface area contributed by atoms with Crippen molar-refractivity contribution in [1.82, 2.24) is 4.90 Å². The van der Waals surface area contributed by atoms with Crippen LogP contribution in [0.3, 0.4) is 0 Å². The lowest BCUT2D eigenvalue weighted by Gasteiger charge is -2.21. The highest BCUT2D eigenvalue weighted by atomic mass is 16.2. The van der Waals surface area contributed by atoms with E-state index in [-0.39, 0.29) is 11.8 Å². The monoisotopic (exact) mass is 243 g/mol. The number of benzene rings is 1. The molecular weight excluding hydrogens is 222 g/mol. The Bertz CT molecular complexity index is 387. The summed E-state index contributed by atoms with van der Waals surface area (Å²) in [6.07, 6.45) is 4.01. The molecule has 1 rings (SSSR count). The number of hydrogen-bond donors (Lipinski definition) is 0. The second-order valence-corrected chi connectivity index (χ2v) is 4.39. The molecule has 0 aromatic heterocycles. The zero-order valence-corrected chi connectivity index (χ0v) is 11.0. The third-order valence-electron chi connectivity index (χ3n) is 2.90. The molecule has 1 unspecified atom stereocenters. The van der Waals surface area contributed by atoms with Crippen molar-refractivity contribution in [2.24, 2.45) is 0 Å². The zero-order chi connectivity index (χ0) is 13.4. The lowest BCUT2D eigenvalue weighted by molar-refractivity contribution is -0.130. The van der Waals surface area contributed by atoms with Crippen LogP contribution in [0, 0.1) is 0 Å². The standard InChI is InChI=1S/C16H21NO/c1-4-11-17(12-5-2)16(18)13-14(3)15-9-7-6-8-10-15/h4-10,14H,1-2,11-13H2,3H3. The Kier molecular flexibility index (Phi) is 5.92. The van der Waals surface area contributed by atoms with Crippen molar-refractivity contribution in [3.8, 4) is 0 Å². The Labute approximate surface area is 110 Å². The minimum atomic E-state index is 0.145. The highest BCUT2D eigenvalue weighted by Crippen LogP contribution is 2.19. The van der Waals surface area contributed by atoms with Crippen molar-refractivity contribution in [3.05, 3.63) is 61.2 Å². The SMILES string of the molecule is C=CCN(CC=C)C(=O)CC(C)c1ccccc1. The van der Waals surface area contributed by atoms with Gasteiger partial charge in [0.1, 0.15) is 0 Å². The number of amides is 1. The van der Waals surface area contributed by atoms with E-state index in [4.69, 9.17) is 0 Å². The molecule has 0 bridgehead atoms. The first-order chi connectivity index (χ1) is 8.69. The Balaban J connectivity index is 2.62. The summed E-state index contributed by atoms with van der Waals surface area (Å²) in [6, 6.07) is 10.1. The zero-order valence-electron chi connectivity index (χ0n) is 11.0. The Morgan fingerprint density at radius 2 is 1.78 bits per heavy atom. The Morgan fingerprint density at radius 3 is 2.28 bits per heavy atom. The predicted octanol–water partition coefficient (Wildman–Crippen LogP) is 3.38. The molecule has 0 N–H and O–H groups in total. The molecule has 0 aliphatic heterocycles. The largest absolute Gasteiger partial charge is 0.335 e. The number of rotatable bonds is 7. The molecule has 0 saturated carbocycles. The number of nitrogens with zero attached hydrogens (tertiary/aromatic N) is 1. The summed E-state index contributed by atoms with van der Waals surface area (Å²) in [5.74, 6) is 0.377. The minimum Gasteiger partial charge on any atom is -0.335 e. The molecule has 18 heavy (non-hydrogen) atoms. The third-order valence-corrected chi connectivity index (χ3v) is 2.90. The van der Waals surface area contributed by atoms with Gasteiger partial charge in [0, 0.05) is 19.5 Å². The first-order valence-corrected chi connectivity index (χ1v) is 6.23. The van der Waals surface area contributed by atoms with Crippen molar-refractivity contribution in [3.63, 3.8) is 0 Å². The third kappa shape index (κ3) is 4.21. The number of hydrogen-bond acceptors (Lipinski definition) is 1. The van der Waals surface area contributed by atoms with Crippen LogP contribution in [0.5, 0.6) is 0 Å². The van der Waals surface area contributed by atoms with Gasteiger partial charge in [-0.05, 0) is 11.5 Å². The molecule has 1 aromatic rings. The van der Waals surface area contributed by atoms with Crippen LogP contribution in [-0.2, 0) is 4.79 Å². The van der Waals surface area contributed by atoms with E-state index in [1.165, 1.54) is 5.56 Å². The van der Waals surface area contributed by atoms with E-state index >= 15 is 0 Å². The molecule has 0 radical (unpaired) electrons. The van der Waals surface area contributed by atoms with Gasteiger partial charge in [0.2, 0.25) is 5.91 Å². The van der Waals surface area contributed by atoms with Gasteiger partial charge in [-0.3, -0.25) is 4.79 Å². The maximum Gasteiger partial charge on any atom is 0.223 e. The molecule has 96 valence electrons. The molecule has 0 heterocycles. The average Bonchev–Trinajstić information content (AvgIpc) is 2.39. The van der Waals surface area contributed by atoms with E-state index < -0.39 is 0 Å². The van der Waals surface area contributed by atoms with Crippen molar-refractivity contribution < 1.29 is 4.79 Å². The van der Waals surface area contributed by atoms with E-state index in [1.54, 1.807) is 17.1 Å². The second kappa shape index (κ2) is 7.49. The van der Waals surface area contributed by atoms with Gasteiger partial charge in [-0.2, -0.15) is 0 Å². The molecule has 0 fully saturated rings. The van der Waals surface area contributed by atoms with Crippen LogP contribution in [-0.4, -0.2) is 23.9 Å². The van der Waals surface area contributed by atoms with Gasteiger partial charge in [-0.1, -0.05) is 49.4 Å². The van der Waals surface area contributed by atoms with Crippen LogP contribution in [0.25, 0.3) is 0 Å². The summed E-state index contributed by atoms with van der Waals surface area (Å²) in [5, 5.41) is 0. The van der Waals surface area contributed by atoms with Gasteiger partial charge in [-0.25, -0.2) is 0 Å². The Morgan fingerprint density at radius 1 is 1.22 bits per heavy atom. The van der Waals surface area contributed by atoms with E-state index in [9.17, 15) is 4.79 Å². The van der Waals surface area contributed by atoms with Gasteiger partial charge in [0.15, 0.2) is 0 Å². The fraction of sp³-hybridized carbons (Fsp3) is 0.312. The molecule has 0 spiro atoms. The molecule has 0 aliphatic rings. The van der Waals surface area contributed by atoms with Crippen LogP contribution in [0.4, 0.5) is 0 Å². The summed E-state index contributed by atoms with van der Waals surface area (Å²) in [5.41, 5.74) is 1.20. The number of carbonyl (C=O) groups is 1. The first kappa shape index (κ1) is 14.2. The van der Waals surface area contributed by atoms with E-state index in [0.29, 0.717) is 19.5 Å². The van der Waals surface area contributed by atoms with Crippen molar-refractivity contribution >= 4 is 5.91 Å². The lowest BCUT2D eigenvalue weighted by atomic mass is 9.97. The molecule has 0 saturated heterocycles. The first-order valence-electron chi connectivity index (χ1n) is 6.23. The van der Waals surface area contributed by atoms with Crippen molar-refractivity contribution in [2.75, 3.05) is 13.1 Å². The Hall–Kier alpha value is -1.83. The van der Waals surface area contributed by atoms with Gasteiger partial charge < -0.3 is 4.90 Å². The van der Waals surface area contributed by atoms with E-state index in [2.05, 4.69) is 32.2 Å². The van der Waals surface area contributed by atoms with E-state index in [0.717, 1.165) is 0 Å². The maximum atomic E-state index is 12.1. The van der Waals surface area contributed by atoms with Crippen LogP contribution >= 0.6 is 0 Å². The van der Waals surface area contributed by atoms with Crippen LogP contribution in [0.15, 0.2) is 55.6 Å². The van der Waals surface area contributed by atoms with Gasteiger partial charge >= 0.3 is 0 Å². The summed E-state index contributed by atoms with van der Waals surface area (Å²) in [7, 11) is 0. The summed E-state index contributed by atoms with van der Waals surface area (Å²) >= 11 is 0. The number of carbonyl (C=O) groups excluding carboxylic acids is 1. The molecule has 1 aromatic carbocycles. The van der Waals surface area contributed by atoms with Crippen LogP contribution < -0.4 is 0 Å². The summed E-state index contributed by atoms with van der Waals surface area (Å²) in [6.45, 7) is 10.6. The molecule has 2 nitrogen and oxygen atoms in total. The van der Waals surface area contributed by atoms with Gasteiger partial charge in [0.05, 0.1) is 0 Å². The highest BCUT2D eigenvalue weighted by molar-refractivity contribution is 5.77. The van der Waals surface area contributed by atoms with Gasteiger partial charge in [-0.15, -0.1) is 13.2 Å². The van der Waals surface area contributed by atoms with E-state index in [1.807, 2.05) is 18.2 Å². The molecule has 2 heteroatoms. The summed E-state index contributed by atoms with van der Waals surface area (Å²) in [4.78, 5) is 13.9. The molecular formula is C16H21NO. The average molecular weight is 243 g/mol. The van der Waals surface area contributed by atoms with Gasteiger partial charge in [0.25, 0.3) is 0 Å². The highest BCUT2D eigenvalue weighted by Gasteiger charge is 2.15. The molecule has 0 aliphatic carbocycles. The smallest absolute Gasteiger partial charge is 0.223 e. The van der Waals surface area contributed by atoms with Crippen LogP contribution in [0.1, 0.15) is 24.8 Å². The molecule has 1 atom stereocenters. The topological polar surface area (TPSA) is 20.3 Å². The second-order valence-electron chi connectivity index (χ2n) is 4.39. The van der Waals surface area contributed by atoms with Crippen LogP contribution in [0.2, 0.25) is 0 Å². The fourth-order valence-corrected chi connectivity index (χ4v) is 1.88. The molecule has 1 amide bonds. The maximum absolute atomic E-state index is 12.1. The minimum absolute atomic E-state index is 0.145. The quantitative estimate of drug-likeness (QED) is 0.672.